The van der Waals surface area contributed by atoms with Crippen LogP contribution in [0.2, 0.25) is 15.1 Å². The number of benzene rings is 3. The van der Waals surface area contributed by atoms with Crippen molar-refractivity contribution in [1.29, 1.82) is 0 Å². The maximum absolute atomic E-state index is 12.9. The molecule has 3 aromatic rings. The summed E-state index contributed by atoms with van der Waals surface area (Å²) in [6.07, 6.45) is -0.165. The number of ether oxygens (including phenoxy) is 2. The van der Waals surface area contributed by atoms with Crippen LogP contribution in [0, 0.1) is 0 Å². The number of methoxy groups -OCH3 is 1. The number of halogens is 3. The number of nitrogens with zero attached hydrogens (tertiary/aromatic N) is 2. The zero-order chi connectivity index (χ0) is 24.8. The number of amides is 1. The molecule has 4 rings (SSSR count). The van der Waals surface area contributed by atoms with Gasteiger partial charge in [-0.2, -0.15) is 0 Å². The van der Waals surface area contributed by atoms with Crippen molar-refractivity contribution < 1.29 is 14.3 Å². The predicted octanol–water partition coefficient (Wildman–Crippen LogP) is 6.37. The Balaban J connectivity index is 1.41. The quantitative estimate of drug-likeness (QED) is 0.337. The minimum absolute atomic E-state index is 0.0373. The number of piperazine rings is 1. The molecule has 1 aliphatic heterocycles. The van der Waals surface area contributed by atoms with E-state index in [0.29, 0.717) is 46.9 Å². The lowest BCUT2D eigenvalue weighted by Gasteiger charge is -2.36. The zero-order valence-electron chi connectivity index (χ0n) is 19.4. The highest BCUT2D eigenvalue weighted by Gasteiger charge is 2.25. The fraction of sp³-hybridized carbons (Fsp3) is 0.296. The summed E-state index contributed by atoms with van der Waals surface area (Å²) >= 11 is 18.2. The molecule has 0 unspecified atom stereocenters. The van der Waals surface area contributed by atoms with Gasteiger partial charge in [-0.15, -0.1) is 0 Å². The molecule has 3 aromatic carbocycles. The third-order valence-electron chi connectivity index (χ3n) is 6.06. The van der Waals surface area contributed by atoms with E-state index >= 15 is 0 Å². The molecule has 1 fully saturated rings. The third-order valence-corrected chi connectivity index (χ3v) is 7.03. The molecule has 1 heterocycles. The van der Waals surface area contributed by atoms with Gasteiger partial charge in [0.05, 0.1) is 29.9 Å². The van der Waals surface area contributed by atoms with E-state index in [1.807, 2.05) is 47.4 Å². The van der Waals surface area contributed by atoms with Gasteiger partial charge in [0.25, 0.3) is 5.91 Å². The summed E-state index contributed by atoms with van der Waals surface area (Å²) < 4.78 is 11.8. The highest BCUT2D eigenvalue weighted by Crippen LogP contribution is 2.26. The molecule has 0 bridgehead atoms. The van der Waals surface area contributed by atoms with Gasteiger partial charge in [-0.3, -0.25) is 9.69 Å². The van der Waals surface area contributed by atoms with E-state index in [1.165, 1.54) is 0 Å². The first kappa shape index (κ1) is 25.8. The Hall–Kier alpha value is -2.28. The van der Waals surface area contributed by atoms with Crippen molar-refractivity contribution in [3.8, 4) is 5.75 Å². The normalized spacial score (nSPS) is 15.1. The Kier molecular flexibility index (Phi) is 8.93. The van der Waals surface area contributed by atoms with Crippen LogP contribution in [0.15, 0.2) is 66.7 Å². The van der Waals surface area contributed by atoms with Gasteiger partial charge in [-0.25, -0.2) is 0 Å². The lowest BCUT2D eigenvalue weighted by molar-refractivity contribution is 0.00333. The van der Waals surface area contributed by atoms with Gasteiger partial charge in [0.1, 0.15) is 5.75 Å². The van der Waals surface area contributed by atoms with E-state index in [1.54, 1.807) is 25.3 Å². The Bertz CT molecular complexity index is 1170. The minimum atomic E-state index is -0.165. The van der Waals surface area contributed by atoms with Crippen molar-refractivity contribution in [2.24, 2.45) is 0 Å². The summed E-state index contributed by atoms with van der Waals surface area (Å²) in [5, 5.41) is 1.51. The van der Waals surface area contributed by atoms with E-state index in [0.717, 1.165) is 30.0 Å². The van der Waals surface area contributed by atoms with Crippen LogP contribution >= 0.6 is 34.8 Å². The lowest BCUT2D eigenvalue weighted by Crippen LogP contribution is -2.49. The lowest BCUT2D eigenvalue weighted by atomic mass is 10.1. The van der Waals surface area contributed by atoms with Crippen LogP contribution < -0.4 is 4.74 Å². The van der Waals surface area contributed by atoms with Crippen molar-refractivity contribution in [3.05, 3.63) is 98.5 Å². The molecule has 8 heteroatoms. The minimum Gasteiger partial charge on any atom is -0.497 e. The zero-order valence-corrected chi connectivity index (χ0v) is 21.7. The second kappa shape index (κ2) is 12.1. The highest BCUT2D eigenvalue weighted by atomic mass is 35.5. The number of hydrogen-bond acceptors (Lipinski definition) is 4. The first-order chi connectivity index (χ1) is 16.9. The van der Waals surface area contributed by atoms with Gasteiger partial charge in [-0.05, 0) is 53.6 Å². The second-order valence-corrected chi connectivity index (χ2v) is 9.68. The van der Waals surface area contributed by atoms with Crippen molar-refractivity contribution in [2.75, 3.05) is 39.8 Å². The number of carbonyl (C=O) groups excluding carboxylic acids is 1. The highest BCUT2D eigenvalue weighted by molar-refractivity contribution is 6.42. The third kappa shape index (κ3) is 6.90. The van der Waals surface area contributed by atoms with E-state index in [4.69, 9.17) is 44.3 Å². The van der Waals surface area contributed by atoms with Crippen molar-refractivity contribution in [1.82, 2.24) is 9.80 Å². The molecule has 1 saturated heterocycles. The Morgan fingerprint density at radius 1 is 0.914 bits per heavy atom. The first-order valence-corrected chi connectivity index (χ1v) is 12.5. The molecular weight excluding hydrogens is 507 g/mol. The average molecular weight is 534 g/mol. The Morgan fingerprint density at radius 2 is 1.69 bits per heavy atom. The summed E-state index contributed by atoms with van der Waals surface area (Å²) in [6, 6.07) is 20.6. The summed E-state index contributed by atoms with van der Waals surface area (Å²) in [5.74, 6) is 0.751. The van der Waals surface area contributed by atoms with Gasteiger partial charge in [0.15, 0.2) is 0 Å². The van der Waals surface area contributed by atoms with Gasteiger partial charge in [0.2, 0.25) is 0 Å². The predicted molar refractivity (Wildman–Crippen MR) is 141 cm³/mol. The molecule has 0 radical (unpaired) electrons. The molecule has 0 aliphatic carbocycles. The molecule has 0 aromatic heterocycles. The van der Waals surface area contributed by atoms with Crippen LogP contribution in [0.5, 0.6) is 5.75 Å². The molecule has 5 nitrogen and oxygen atoms in total. The maximum Gasteiger partial charge on any atom is 0.253 e. The van der Waals surface area contributed by atoms with Gasteiger partial charge < -0.3 is 14.4 Å². The Morgan fingerprint density at radius 3 is 2.40 bits per heavy atom. The molecular formula is C27H27Cl3N2O3. The van der Waals surface area contributed by atoms with Crippen LogP contribution in [0.1, 0.15) is 27.6 Å². The number of hydrogen-bond donors (Lipinski definition) is 0. The van der Waals surface area contributed by atoms with Gasteiger partial charge in [-0.1, -0.05) is 59.1 Å². The van der Waals surface area contributed by atoms with Crippen LogP contribution in [-0.4, -0.2) is 55.5 Å². The fourth-order valence-corrected chi connectivity index (χ4v) is 4.61. The number of carbonyl (C=O) groups is 1. The van der Waals surface area contributed by atoms with Crippen molar-refractivity contribution >= 4 is 40.7 Å². The molecule has 0 N–H and O–H groups in total. The summed E-state index contributed by atoms with van der Waals surface area (Å²) in [5.41, 5.74) is 2.61. The van der Waals surface area contributed by atoms with Crippen LogP contribution in [0.3, 0.4) is 0 Å². The summed E-state index contributed by atoms with van der Waals surface area (Å²) in [4.78, 5) is 17.1. The van der Waals surface area contributed by atoms with Crippen molar-refractivity contribution in [2.45, 2.75) is 12.7 Å². The SMILES string of the molecule is COc1cccc([C@@H](CN2CCN(C(=O)c3ccc(Cl)c(Cl)c3)CC2)OCc2cccc(Cl)c2)c1. The smallest absolute Gasteiger partial charge is 0.253 e. The standard InChI is InChI=1S/C27H27Cl3N2O3/c1-34-23-7-3-5-20(15-23)26(35-18-19-4-2-6-22(28)14-19)17-31-10-12-32(13-11-31)27(33)21-8-9-24(29)25(30)16-21/h2-9,14-16,26H,10-13,17-18H2,1H3/t26-/m1/s1. The van der Waals surface area contributed by atoms with Gasteiger partial charge >= 0.3 is 0 Å². The number of rotatable bonds is 8. The molecule has 1 aliphatic rings. The fourth-order valence-electron chi connectivity index (χ4n) is 4.10. The maximum atomic E-state index is 12.9. The molecule has 35 heavy (non-hydrogen) atoms. The first-order valence-electron chi connectivity index (χ1n) is 11.4. The Labute approximate surface area is 221 Å². The summed E-state index contributed by atoms with van der Waals surface area (Å²) in [7, 11) is 1.66. The molecule has 0 spiro atoms. The average Bonchev–Trinajstić information content (AvgIpc) is 2.88. The van der Waals surface area contributed by atoms with Crippen molar-refractivity contribution in [3.63, 3.8) is 0 Å². The largest absolute Gasteiger partial charge is 0.497 e. The van der Waals surface area contributed by atoms with Crippen LogP contribution in [0.25, 0.3) is 0 Å². The molecule has 1 atom stereocenters. The van der Waals surface area contributed by atoms with Crippen LogP contribution in [-0.2, 0) is 11.3 Å². The monoisotopic (exact) mass is 532 g/mol. The van der Waals surface area contributed by atoms with Gasteiger partial charge in [0, 0.05) is 43.3 Å². The summed E-state index contributed by atoms with van der Waals surface area (Å²) in [6.45, 7) is 3.87. The van der Waals surface area contributed by atoms with E-state index < -0.39 is 0 Å². The van der Waals surface area contributed by atoms with E-state index in [9.17, 15) is 4.79 Å². The topological polar surface area (TPSA) is 42.0 Å². The molecule has 1 amide bonds. The van der Waals surface area contributed by atoms with Crippen LogP contribution in [0.4, 0.5) is 0 Å². The molecule has 184 valence electrons. The van der Waals surface area contributed by atoms with E-state index in [2.05, 4.69) is 11.0 Å². The second-order valence-electron chi connectivity index (χ2n) is 8.43. The van der Waals surface area contributed by atoms with E-state index in [-0.39, 0.29) is 12.0 Å². The molecule has 0 saturated carbocycles.